The molecule has 1 aliphatic carbocycles. The molecule has 1 rings (SSSR count). The van der Waals surface area contributed by atoms with Crippen molar-refractivity contribution in [1.29, 1.82) is 0 Å². The number of allylic oxidation sites excluding steroid dienone is 1. The summed E-state index contributed by atoms with van der Waals surface area (Å²) in [7, 11) is -3.49. The van der Waals surface area contributed by atoms with Crippen molar-refractivity contribution in [2.75, 3.05) is 0 Å². The zero-order valence-corrected chi connectivity index (χ0v) is 7.48. The van der Waals surface area contributed by atoms with Crippen molar-refractivity contribution >= 4 is 14.2 Å². The zero-order valence-electron chi connectivity index (χ0n) is 7.48. The third kappa shape index (κ3) is 2.84. The minimum atomic E-state index is -1.74. The van der Waals surface area contributed by atoms with Crippen molar-refractivity contribution in [3.05, 3.63) is 10.9 Å². The lowest BCUT2D eigenvalue weighted by Gasteiger charge is -2.18. The van der Waals surface area contributed by atoms with E-state index >= 15 is 0 Å². The molecule has 0 heterocycles. The van der Waals surface area contributed by atoms with Gasteiger partial charge in [0.2, 0.25) is 0 Å². The highest BCUT2D eigenvalue weighted by Crippen LogP contribution is 2.26. The van der Waals surface area contributed by atoms with Crippen molar-refractivity contribution < 1.29 is 20.1 Å². The second-order valence-corrected chi connectivity index (χ2v) is 3.37. The SMILES string of the molecule is OB(O)C(B(O)O)=C1CCCCC1. The summed E-state index contributed by atoms with van der Waals surface area (Å²) in [6, 6.07) is 0. The second kappa shape index (κ2) is 4.81. The Morgan fingerprint density at radius 3 is 1.69 bits per heavy atom. The predicted octanol–water partition coefficient (Wildman–Crippen LogP) is -0.729. The van der Waals surface area contributed by atoms with E-state index in [1.54, 1.807) is 0 Å². The summed E-state index contributed by atoms with van der Waals surface area (Å²) in [5, 5.41) is 35.6. The highest BCUT2D eigenvalue weighted by molar-refractivity contribution is 6.75. The number of rotatable bonds is 2. The molecule has 0 spiro atoms. The second-order valence-electron chi connectivity index (χ2n) is 3.37. The van der Waals surface area contributed by atoms with Crippen LogP contribution < -0.4 is 0 Å². The van der Waals surface area contributed by atoms with E-state index in [-0.39, 0.29) is 5.37 Å². The van der Waals surface area contributed by atoms with Gasteiger partial charge < -0.3 is 20.1 Å². The van der Waals surface area contributed by atoms with Crippen molar-refractivity contribution in [2.24, 2.45) is 0 Å². The van der Waals surface area contributed by atoms with Crippen LogP contribution in [-0.4, -0.2) is 34.3 Å². The third-order valence-electron chi connectivity index (χ3n) is 2.42. The average Bonchev–Trinajstić information content (AvgIpc) is 2.04. The van der Waals surface area contributed by atoms with Crippen LogP contribution in [0.5, 0.6) is 0 Å². The summed E-state index contributed by atoms with van der Waals surface area (Å²) in [4.78, 5) is 0. The van der Waals surface area contributed by atoms with E-state index in [0.717, 1.165) is 37.7 Å². The topological polar surface area (TPSA) is 80.9 Å². The Bertz CT molecular complexity index is 185. The first-order valence-corrected chi connectivity index (χ1v) is 4.57. The van der Waals surface area contributed by atoms with E-state index in [4.69, 9.17) is 20.1 Å². The monoisotopic (exact) mass is 184 g/mol. The Labute approximate surface area is 78.2 Å². The minimum absolute atomic E-state index is 0.0281. The van der Waals surface area contributed by atoms with Crippen molar-refractivity contribution in [3.8, 4) is 0 Å². The van der Waals surface area contributed by atoms with Gasteiger partial charge in [-0.2, -0.15) is 0 Å². The molecule has 72 valence electrons. The van der Waals surface area contributed by atoms with Gasteiger partial charge in [0, 0.05) is 0 Å². The lowest BCUT2D eigenvalue weighted by molar-refractivity contribution is 0.396. The molecule has 4 nitrogen and oxygen atoms in total. The lowest BCUT2D eigenvalue weighted by atomic mass is 9.55. The van der Waals surface area contributed by atoms with Crippen molar-refractivity contribution in [1.82, 2.24) is 0 Å². The summed E-state index contributed by atoms with van der Waals surface area (Å²) < 4.78 is 0. The van der Waals surface area contributed by atoms with Crippen LogP contribution in [0.1, 0.15) is 32.1 Å². The smallest absolute Gasteiger partial charge is 0.424 e. The van der Waals surface area contributed by atoms with Crippen LogP contribution in [0, 0.1) is 0 Å². The minimum Gasteiger partial charge on any atom is -0.424 e. The van der Waals surface area contributed by atoms with E-state index in [1.165, 1.54) is 0 Å². The molecule has 0 aliphatic heterocycles. The number of hydrogen-bond donors (Lipinski definition) is 4. The molecule has 13 heavy (non-hydrogen) atoms. The van der Waals surface area contributed by atoms with Crippen molar-refractivity contribution in [3.63, 3.8) is 0 Å². The van der Waals surface area contributed by atoms with Crippen LogP contribution in [0.4, 0.5) is 0 Å². The van der Waals surface area contributed by atoms with Gasteiger partial charge in [0.25, 0.3) is 0 Å². The third-order valence-corrected chi connectivity index (χ3v) is 2.42. The molecule has 1 fully saturated rings. The maximum Gasteiger partial charge on any atom is 0.480 e. The number of hydrogen-bond acceptors (Lipinski definition) is 4. The predicted molar refractivity (Wildman–Crippen MR) is 50.5 cm³/mol. The Morgan fingerprint density at radius 1 is 0.846 bits per heavy atom. The summed E-state index contributed by atoms with van der Waals surface area (Å²) in [5.41, 5.74) is 0.788. The van der Waals surface area contributed by atoms with Gasteiger partial charge >= 0.3 is 14.2 Å². The fraction of sp³-hybridized carbons (Fsp3) is 0.714. The molecule has 0 aromatic rings. The van der Waals surface area contributed by atoms with Crippen LogP contribution >= 0.6 is 0 Å². The van der Waals surface area contributed by atoms with Gasteiger partial charge in [-0.25, -0.2) is 0 Å². The van der Waals surface area contributed by atoms with E-state index in [2.05, 4.69) is 0 Å². The molecule has 0 aromatic heterocycles. The van der Waals surface area contributed by atoms with Gasteiger partial charge in [-0.05, 0) is 31.1 Å². The Morgan fingerprint density at radius 2 is 1.31 bits per heavy atom. The molecule has 0 amide bonds. The molecular formula is C7H14B2O4. The highest BCUT2D eigenvalue weighted by atomic mass is 16.4. The largest absolute Gasteiger partial charge is 0.480 e. The molecule has 6 heteroatoms. The van der Waals surface area contributed by atoms with Crippen LogP contribution in [0.15, 0.2) is 10.9 Å². The van der Waals surface area contributed by atoms with E-state index in [0.29, 0.717) is 0 Å². The average molecular weight is 184 g/mol. The van der Waals surface area contributed by atoms with Crippen LogP contribution in [0.2, 0.25) is 0 Å². The zero-order chi connectivity index (χ0) is 9.84. The van der Waals surface area contributed by atoms with Gasteiger partial charge in [0.1, 0.15) is 0 Å². The van der Waals surface area contributed by atoms with Gasteiger partial charge in [-0.1, -0.05) is 12.0 Å². The van der Waals surface area contributed by atoms with Gasteiger partial charge in [-0.3, -0.25) is 0 Å². The maximum absolute atomic E-state index is 8.91. The van der Waals surface area contributed by atoms with Crippen molar-refractivity contribution in [2.45, 2.75) is 32.1 Å². The van der Waals surface area contributed by atoms with E-state index < -0.39 is 14.2 Å². The molecule has 0 aromatic carbocycles. The van der Waals surface area contributed by atoms with Crippen LogP contribution in [0.3, 0.4) is 0 Å². The van der Waals surface area contributed by atoms with Gasteiger partial charge in [-0.15, -0.1) is 0 Å². The summed E-state index contributed by atoms with van der Waals surface area (Å²) >= 11 is 0. The Hall–Kier alpha value is -0.290. The maximum atomic E-state index is 8.91. The molecule has 1 saturated carbocycles. The molecule has 0 atom stereocenters. The van der Waals surface area contributed by atoms with E-state index in [9.17, 15) is 0 Å². The van der Waals surface area contributed by atoms with Gasteiger partial charge in [0.05, 0.1) is 0 Å². The normalized spacial score (nSPS) is 17.1. The fourth-order valence-electron chi connectivity index (χ4n) is 1.77. The standard InChI is InChI=1S/C7H14B2O4/c10-8(11)7(9(12)13)6-4-2-1-3-5-6/h10-13H,1-5H2. The molecule has 1 aliphatic rings. The van der Waals surface area contributed by atoms with E-state index in [1.807, 2.05) is 0 Å². The first-order chi connectivity index (χ1) is 6.13. The van der Waals surface area contributed by atoms with Crippen LogP contribution in [0.25, 0.3) is 0 Å². The summed E-state index contributed by atoms with van der Waals surface area (Å²) in [6.45, 7) is 0. The lowest BCUT2D eigenvalue weighted by Crippen LogP contribution is -2.31. The molecular weight excluding hydrogens is 170 g/mol. The molecule has 0 radical (unpaired) electrons. The molecule has 0 bridgehead atoms. The quantitative estimate of drug-likeness (QED) is 0.426. The summed E-state index contributed by atoms with van der Waals surface area (Å²) in [5.74, 6) is 0. The Kier molecular flexibility index (Phi) is 3.99. The molecule has 4 N–H and O–H groups in total. The Balaban J connectivity index is 2.80. The molecule has 0 saturated heterocycles. The van der Waals surface area contributed by atoms with Gasteiger partial charge in [0.15, 0.2) is 0 Å². The fourth-order valence-corrected chi connectivity index (χ4v) is 1.77. The highest BCUT2D eigenvalue weighted by Gasteiger charge is 2.30. The molecule has 0 unspecified atom stereocenters. The first-order valence-electron chi connectivity index (χ1n) is 4.57. The first kappa shape index (κ1) is 10.8. The summed E-state index contributed by atoms with van der Waals surface area (Å²) in [6.07, 6.45) is 4.57. The van der Waals surface area contributed by atoms with Crippen LogP contribution in [-0.2, 0) is 0 Å².